The van der Waals surface area contributed by atoms with Crippen LogP contribution in [0.15, 0.2) is 24.3 Å². The maximum Gasteiger partial charge on any atom is 0.234 e. The van der Waals surface area contributed by atoms with Gasteiger partial charge in [0.2, 0.25) is 10.9 Å². The molecule has 2 aromatic heterocycles. The van der Waals surface area contributed by atoms with E-state index in [4.69, 9.17) is 0 Å². The Morgan fingerprint density at radius 3 is 2.68 bits per heavy atom. The smallest absolute Gasteiger partial charge is 0.234 e. The van der Waals surface area contributed by atoms with Crippen LogP contribution in [-0.4, -0.2) is 50.3 Å². The first-order chi connectivity index (χ1) is 13.7. The Kier molecular flexibility index (Phi) is 5.97. The normalized spacial score (nSPS) is 14.8. The molecule has 0 unspecified atom stereocenters. The van der Waals surface area contributed by atoms with Crippen molar-refractivity contribution in [1.82, 2.24) is 24.7 Å². The quantitative estimate of drug-likeness (QED) is 0.631. The Hall–Kier alpha value is -2.32. The summed E-state index contributed by atoms with van der Waals surface area (Å²) in [6.07, 6.45) is 5.99. The predicted octanol–water partition coefficient (Wildman–Crippen LogP) is 3.09. The third kappa shape index (κ3) is 4.74. The highest BCUT2D eigenvalue weighted by atomic mass is 32.1. The second kappa shape index (κ2) is 8.79. The third-order valence-electron chi connectivity index (χ3n) is 5.13. The van der Waals surface area contributed by atoms with Gasteiger partial charge in [-0.2, -0.15) is 9.61 Å². The van der Waals surface area contributed by atoms with E-state index >= 15 is 0 Å². The van der Waals surface area contributed by atoms with E-state index in [1.807, 2.05) is 19.1 Å². The van der Waals surface area contributed by atoms with E-state index in [1.165, 1.54) is 55.8 Å². The standard InChI is InChI=1S/C20H26N6OS/c1-15-22-23-20-26(15)24-19(28-20)11-10-18(27)21-17-8-6-16(7-9-17)5-4-14-25-12-2-3-13-25/h6-9H,2-5,10-14H2,1H3,(H,21,27). The third-order valence-corrected chi connectivity index (χ3v) is 6.09. The minimum atomic E-state index is 0.00414. The Balaban J connectivity index is 1.21. The fourth-order valence-corrected chi connectivity index (χ4v) is 4.45. The van der Waals surface area contributed by atoms with E-state index in [1.54, 1.807) is 4.52 Å². The molecule has 1 aliphatic heterocycles. The van der Waals surface area contributed by atoms with E-state index in [9.17, 15) is 4.79 Å². The SMILES string of the molecule is Cc1nnc2sc(CCC(=O)Nc3ccc(CCCN4CCCC4)cc3)nn12. The highest BCUT2D eigenvalue weighted by Gasteiger charge is 2.12. The van der Waals surface area contributed by atoms with Gasteiger partial charge >= 0.3 is 0 Å². The Morgan fingerprint density at radius 2 is 1.93 bits per heavy atom. The van der Waals surface area contributed by atoms with E-state index in [2.05, 4.69) is 37.6 Å². The predicted molar refractivity (Wildman–Crippen MR) is 111 cm³/mol. The van der Waals surface area contributed by atoms with Crippen molar-refractivity contribution in [2.45, 2.75) is 45.4 Å². The molecule has 8 heteroatoms. The van der Waals surface area contributed by atoms with Crippen LogP contribution in [0.4, 0.5) is 5.69 Å². The molecule has 1 N–H and O–H groups in total. The van der Waals surface area contributed by atoms with Gasteiger partial charge in [0.1, 0.15) is 5.01 Å². The Morgan fingerprint density at radius 1 is 1.14 bits per heavy atom. The zero-order valence-corrected chi connectivity index (χ0v) is 17.0. The highest BCUT2D eigenvalue weighted by Crippen LogP contribution is 2.16. The molecule has 0 aliphatic carbocycles. The van der Waals surface area contributed by atoms with Gasteiger partial charge < -0.3 is 10.2 Å². The van der Waals surface area contributed by atoms with Gasteiger partial charge in [-0.15, -0.1) is 10.2 Å². The van der Waals surface area contributed by atoms with Crippen LogP contribution >= 0.6 is 11.3 Å². The monoisotopic (exact) mass is 398 g/mol. The number of benzene rings is 1. The van der Waals surface area contributed by atoms with Crippen LogP contribution in [0.5, 0.6) is 0 Å². The summed E-state index contributed by atoms with van der Waals surface area (Å²) >= 11 is 1.48. The largest absolute Gasteiger partial charge is 0.326 e. The minimum absolute atomic E-state index is 0.00414. The van der Waals surface area contributed by atoms with E-state index in [0.717, 1.165) is 27.9 Å². The summed E-state index contributed by atoms with van der Waals surface area (Å²) in [5, 5.41) is 16.3. The summed E-state index contributed by atoms with van der Waals surface area (Å²) in [5.74, 6) is 0.770. The summed E-state index contributed by atoms with van der Waals surface area (Å²) in [6.45, 7) is 5.58. The van der Waals surface area contributed by atoms with Crippen molar-refractivity contribution < 1.29 is 4.79 Å². The number of anilines is 1. The lowest BCUT2D eigenvalue weighted by molar-refractivity contribution is -0.116. The van der Waals surface area contributed by atoms with Crippen LogP contribution in [0.2, 0.25) is 0 Å². The summed E-state index contributed by atoms with van der Waals surface area (Å²) < 4.78 is 1.72. The molecule has 1 amide bonds. The number of nitrogens with one attached hydrogen (secondary N) is 1. The number of fused-ring (bicyclic) bond motifs is 1. The topological polar surface area (TPSA) is 75.4 Å². The summed E-state index contributed by atoms with van der Waals surface area (Å²) in [4.78, 5) is 15.6. The molecule has 0 atom stereocenters. The lowest BCUT2D eigenvalue weighted by Crippen LogP contribution is -2.20. The number of likely N-dealkylation sites (tertiary alicyclic amines) is 1. The maximum absolute atomic E-state index is 12.2. The second-order valence-corrected chi connectivity index (χ2v) is 8.38. The Labute approximate surface area is 168 Å². The molecule has 28 heavy (non-hydrogen) atoms. The van der Waals surface area contributed by atoms with Crippen LogP contribution in [0.3, 0.4) is 0 Å². The fraction of sp³-hybridized carbons (Fsp3) is 0.500. The van der Waals surface area contributed by atoms with Gasteiger partial charge in [-0.25, -0.2) is 0 Å². The van der Waals surface area contributed by atoms with Crippen molar-refractivity contribution in [3.05, 3.63) is 40.7 Å². The molecule has 0 spiro atoms. The van der Waals surface area contributed by atoms with Crippen molar-refractivity contribution >= 4 is 27.9 Å². The molecule has 1 saturated heterocycles. The second-order valence-electron chi connectivity index (χ2n) is 7.33. The number of aryl methyl sites for hydroxylation is 3. The number of amides is 1. The van der Waals surface area contributed by atoms with Gasteiger partial charge in [0, 0.05) is 18.5 Å². The zero-order chi connectivity index (χ0) is 19.3. The van der Waals surface area contributed by atoms with E-state index in [-0.39, 0.29) is 5.91 Å². The van der Waals surface area contributed by atoms with Crippen molar-refractivity contribution in [3.8, 4) is 0 Å². The van der Waals surface area contributed by atoms with Crippen molar-refractivity contribution in [1.29, 1.82) is 0 Å². The Bertz CT molecular complexity index is 926. The maximum atomic E-state index is 12.2. The molecule has 3 heterocycles. The molecular formula is C20H26N6OS. The van der Waals surface area contributed by atoms with Gasteiger partial charge in [-0.1, -0.05) is 23.5 Å². The first-order valence-corrected chi connectivity index (χ1v) is 10.8. The first-order valence-electron chi connectivity index (χ1n) is 9.96. The van der Waals surface area contributed by atoms with Gasteiger partial charge in [0.05, 0.1) is 0 Å². The van der Waals surface area contributed by atoms with Gasteiger partial charge in [-0.3, -0.25) is 4.79 Å². The van der Waals surface area contributed by atoms with Gasteiger partial charge in [0.25, 0.3) is 0 Å². The molecule has 7 nitrogen and oxygen atoms in total. The van der Waals surface area contributed by atoms with E-state index in [0.29, 0.717) is 12.8 Å². The molecular weight excluding hydrogens is 372 g/mol. The van der Waals surface area contributed by atoms with Crippen LogP contribution in [-0.2, 0) is 17.6 Å². The first kappa shape index (κ1) is 19.0. The van der Waals surface area contributed by atoms with Crippen LogP contribution in [0, 0.1) is 6.92 Å². The number of nitrogens with zero attached hydrogens (tertiary/aromatic N) is 5. The average Bonchev–Trinajstić information content (AvgIpc) is 3.41. The minimum Gasteiger partial charge on any atom is -0.326 e. The number of rotatable bonds is 8. The molecule has 1 aliphatic rings. The number of carbonyl (C=O) groups is 1. The van der Waals surface area contributed by atoms with Gasteiger partial charge in [0.15, 0.2) is 5.82 Å². The summed E-state index contributed by atoms with van der Waals surface area (Å²) in [6, 6.07) is 8.22. The highest BCUT2D eigenvalue weighted by molar-refractivity contribution is 7.16. The van der Waals surface area contributed by atoms with Crippen molar-refractivity contribution in [3.63, 3.8) is 0 Å². The van der Waals surface area contributed by atoms with E-state index < -0.39 is 0 Å². The average molecular weight is 399 g/mol. The number of carbonyl (C=O) groups excluding carboxylic acids is 1. The van der Waals surface area contributed by atoms with Crippen LogP contribution in [0.1, 0.15) is 42.1 Å². The number of aromatic nitrogens is 4. The van der Waals surface area contributed by atoms with Crippen molar-refractivity contribution in [2.24, 2.45) is 0 Å². The molecule has 148 valence electrons. The zero-order valence-electron chi connectivity index (χ0n) is 16.2. The molecule has 1 fully saturated rings. The molecule has 0 bridgehead atoms. The molecule has 3 aromatic rings. The molecule has 0 saturated carbocycles. The number of hydrogen-bond donors (Lipinski definition) is 1. The fourth-order valence-electron chi connectivity index (χ4n) is 3.57. The van der Waals surface area contributed by atoms with Crippen LogP contribution < -0.4 is 5.32 Å². The lowest BCUT2D eigenvalue weighted by Gasteiger charge is -2.14. The summed E-state index contributed by atoms with van der Waals surface area (Å²) in [7, 11) is 0. The number of hydrogen-bond acceptors (Lipinski definition) is 6. The molecule has 1 aromatic carbocycles. The van der Waals surface area contributed by atoms with Crippen molar-refractivity contribution in [2.75, 3.05) is 25.0 Å². The molecule has 4 rings (SSSR count). The van der Waals surface area contributed by atoms with Crippen LogP contribution in [0.25, 0.3) is 4.96 Å². The summed E-state index contributed by atoms with van der Waals surface area (Å²) in [5.41, 5.74) is 2.18. The van der Waals surface area contributed by atoms with Gasteiger partial charge in [-0.05, 0) is 69.9 Å². The lowest BCUT2D eigenvalue weighted by atomic mass is 10.1. The molecule has 0 radical (unpaired) electrons.